The molecule has 0 heterocycles. The Morgan fingerprint density at radius 3 is 2.17 bits per heavy atom. The van der Waals surface area contributed by atoms with E-state index in [1.54, 1.807) is 7.05 Å². The lowest BCUT2D eigenvalue weighted by Gasteiger charge is -2.26. The van der Waals surface area contributed by atoms with Gasteiger partial charge in [0, 0.05) is 26.2 Å². The highest BCUT2D eigenvalue weighted by Gasteiger charge is 2.31. The zero-order valence-corrected chi connectivity index (χ0v) is 11.2. The second-order valence-electron chi connectivity index (χ2n) is 4.00. The van der Waals surface area contributed by atoms with Crippen molar-refractivity contribution in [3.63, 3.8) is 0 Å². The molecule has 0 aliphatic heterocycles. The maximum Gasteiger partial charge on any atom is 0.401 e. The van der Waals surface area contributed by atoms with Crippen molar-refractivity contribution in [1.82, 2.24) is 15.1 Å². The van der Waals surface area contributed by atoms with Crippen molar-refractivity contribution in [1.29, 1.82) is 0 Å². The minimum Gasteiger partial charge on any atom is -0.342 e. The maximum atomic E-state index is 12.4. The van der Waals surface area contributed by atoms with Gasteiger partial charge in [0.25, 0.3) is 0 Å². The van der Waals surface area contributed by atoms with Crippen LogP contribution in [0.4, 0.5) is 13.2 Å². The van der Waals surface area contributed by atoms with Crippen LogP contribution in [0.1, 0.15) is 13.8 Å². The van der Waals surface area contributed by atoms with Crippen LogP contribution in [0.3, 0.4) is 0 Å². The molecule has 0 aromatic rings. The van der Waals surface area contributed by atoms with Crippen LogP contribution in [-0.4, -0.2) is 68.2 Å². The van der Waals surface area contributed by atoms with E-state index >= 15 is 0 Å². The van der Waals surface area contributed by atoms with Gasteiger partial charge in [0.1, 0.15) is 0 Å². The molecule has 0 spiro atoms. The van der Waals surface area contributed by atoms with Crippen LogP contribution in [0.25, 0.3) is 0 Å². The van der Waals surface area contributed by atoms with Crippen LogP contribution in [0, 0.1) is 0 Å². The Kier molecular flexibility index (Phi) is 7.93. The smallest absolute Gasteiger partial charge is 0.342 e. The van der Waals surface area contributed by atoms with Gasteiger partial charge < -0.3 is 10.2 Å². The summed E-state index contributed by atoms with van der Waals surface area (Å²) in [6, 6.07) is 0. The van der Waals surface area contributed by atoms with Crippen molar-refractivity contribution in [2.24, 2.45) is 0 Å². The van der Waals surface area contributed by atoms with Gasteiger partial charge in [-0.2, -0.15) is 13.2 Å². The number of hydrogen-bond donors (Lipinski definition) is 1. The van der Waals surface area contributed by atoms with Gasteiger partial charge in [0.15, 0.2) is 0 Å². The molecule has 1 N–H and O–H groups in total. The molecule has 0 rings (SSSR count). The minimum absolute atomic E-state index is 0.192. The molecule has 7 heteroatoms. The van der Waals surface area contributed by atoms with E-state index in [1.165, 1.54) is 4.90 Å². The second kappa shape index (κ2) is 8.31. The summed E-state index contributed by atoms with van der Waals surface area (Å²) in [5.74, 6) is -0.264. The zero-order valence-electron chi connectivity index (χ0n) is 11.2. The zero-order chi connectivity index (χ0) is 14.2. The lowest BCUT2D eigenvalue weighted by atomic mass is 10.3. The number of halogens is 3. The highest BCUT2D eigenvalue weighted by Crippen LogP contribution is 2.16. The number of likely N-dealkylation sites (N-methyl/N-ethyl adjacent to an activating group) is 2. The van der Waals surface area contributed by atoms with Gasteiger partial charge >= 0.3 is 6.18 Å². The predicted octanol–water partition coefficient (Wildman–Crippen LogP) is 0.938. The predicted molar refractivity (Wildman–Crippen MR) is 64.3 cm³/mol. The number of carbonyl (C=O) groups is 1. The summed E-state index contributed by atoms with van der Waals surface area (Å²) >= 11 is 0. The molecular formula is C11H22F3N3O. The van der Waals surface area contributed by atoms with E-state index in [2.05, 4.69) is 5.32 Å². The molecular weight excluding hydrogens is 247 g/mol. The number of nitrogens with one attached hydrogen (secondary N) is 1. The molecule has 0 aromatic heterocycles. The maximum absolute atomic E-state index is 12.4. The first-order valence-electron chi connectivity index (χ1n) is 6.05. The normalized spacial score (nSPS) is 11.9. The summed E-state index contributed by atoms with van der Waals surface area (Å²) < 4.78 is 37.1. The van der Waals surface area contributed by atoms with E-state index in [9.17, 15) is 18.0 Å². The summed E-state index contributed by atoms with van der Waals surface area (Å²) in [5.41, 5.74) is 0. The lowest BCUT2D eigenvalue weighted by molar-refractivity contribution is -0.151. The van der Waals surface area contributed by atoms with Crippen molar-refractivity contribution in [3.05, 3.63) is 0 Å². The van der Waals surface area contributed by atoms with Crippen molar-refractivity contribution in [2.45, 2.75) is 20.0 Å². The fourth-order valence-corrected chi connectivity index (χ4v) is 1.61. The summed E-state index contributed by atoms with van der Waals surface area (Å²) in [6.45, 7) is 4.02. The van der Waals surface area contributed by atoms with Gasteiger partial charge in [-0.25, -0.2) is 0 Å². The Labute approximate surface area is 106 Å². The molecule has 0 saturated heterocycles. The quantitative estimate of drug-likeness (QED) is 0.712. The molecule has 0 atom stereocenters. The van der Waals surface area contributed by atoms with Gasteiger partial charge in [-0.3, -0.25) is 9.69 Å². The minimum atomic E-state index is -4.28. The standard InChI is InChI=1S/C11H22F3N3O/c1-4-17(5-2)10(18)8-16(7-6-15-3)9-11(12,13)14/h15H,4-9H2,1-3H3. The van der Waals surface area contributed by atoms with Crippen LogP contribution < -0.4 is 5.32 Å². The fourth-order valence-electron chi connectivity index (χ4n) is 1.61. The number of rotatable bonds is 8. The monoisotopic (exact) mass is 269 g/mol. The van der Waals surface area contributed by atoms with Crippen LogP contribution in [-0.2, 0) is 4.79 Å². The lowest BCUT2D eigenvalue weighted by Crippen LogP contribution is -2.45. The molecule has 108 valence electrons. The topological polar surface area (TPSA) is 35.6 Å². The average molecular weight is 269 g/mol. The molecule has 0 fully saturated rings. The number of alkyl halides is 3. The Bertz CT molecular complexity index is 242. The first-order chi connectivity index (χ1) is 8.34. The van der Waals surface area contributed by atoms with Gasteiger partial charge in [0.05, 0.1) is 13.1 Å². The van der Waals surface area contributed by atoms with Crippen LogP contribution >= 0.6 is 0 Å². The summed E-state index contributed by atoms with van der Waals surface area (Å²) in [6.07, 6.45) is -4.28. The van der Waals surface area contributed by atoms with Gasteiger partial charge in [-0.15, -0.1) is 0 Å². The van der Waals surface area contributed by atoms with Crippen LogP contribution in [0.15, 0.2) is 0 Å². The van der Waals surface area contributed by atoms with Crippen LogP contribution in [0.5, 0.6) is 0 Å². The Morgan fingerprint density at radius 2 is 1.78 bits per heavy atom. The van der Waals surface area contributed by atoms with E-state index in [-0.39, 0.29) is 19.0 Å². The number of hydrogen-bond acceptors (Lipinski definition) is 3. The van der Waals surface area contributed by atoms with Crippen LogP contribution in [0.2, 0.25) is 0 Å². The second-order valence-corrected chi connectivity index (χ2v) is 4.00. The molecule has 0 unspecified atom stereocenters. The summed E-state index contributed by atoms with van der Waals surface area (Å²) in [7, 11) is 1.66. The van der Waals surface area contributed by atoms with E-state index in [4.69, 9.17) is 0 Å². The Hall–Kier alpha value is -0.820. The number of nitrogens with zero attached hydrogens (tertiary/aromatic N) is 2. The van der Waals surface area contributed by atoms with Crippen molar-refractivity contribution < 1.29 is 18.0 Å². The molecule has 18 heavy (non-hydrogen) atoms. The Balaban J connectivity index is 4.43. The summed E-state index contributed by atoms with van der Waals surface area (Å²) in [5, 5.41) is 2.78. The van der Waals surface area contributed by atoms with Gasteiger partial charge in [0.2, 0.25) is 5.91 Å². The Morgan fingerprint density at radius 1 is 1.22 bits per heavy atom. The molecule has 4 nitrogen and oxygen atoms in total. The highest BCUT2D eigenvalue weighted by molar-refractivity contribution is 5.78. The third-order valence-corrected chi connectivity index (χ3v) is 2.56. The van der Waals surface area contributed by atoms with E-state index in [0.717, 1.165) is 4.90 Å². The third-order valence-electron chi connectivity index (χ3n) is 2.56. The van der Waals surface area contributed by atoms with E-state index < -0.39 is 12.7 Å². The molecule has 0 aliphatic carbocycles. The van der Waals surface area contributed by atoms with Gasteiger partial charge in [-0.05, 0) is 20.9 Å². The fraction of sp³-hybridized carbons (Fsp3) is 0.909. The van der Waals surface area contributed by atoms with Gasteiger partial charge in [-0.1, -0.05) is 0 Å². The largest absolute Gasteiger partial charge is 0.401 e. The molecule has 0 aliphatic rings. The van der Waals surface area contributed by atoms with Crippen molar-refractivity contribution in [3.8, 4) is 0 Å². The van der Waals surface area contributed by atoms with Crippen molar-refractivity contribution in [2.75, 3.05) is 46.3 Å². The third kappa shape index (κ3) is 7.50. The molecule has 0 saturated carbocycles. The van der Waals surface area contributed by atoms with E-state index in [1.807, 2.05) is 13.8 Å². The number of amides is 1. The molecule has 0 bridgehead atoms. The molecule has 0 aromatic carbocycles. The molecule has 1 amide bonds. The van der Waals surface area contributed by atoms with E-state index in [0.29, 0.717) is 19.6 Å². The molecule has 0 radical (unpaired) electrons. The summed E-state index contributed by atoms with van der Waals surface area (Å²) in [4.78, 5) is 14.4. The first kappa shape index (κ1) is 17.2. The first-order valence-corrected chi connectivity index (χ1v) is 6.05. The van der Waals surface area contributed by atoms with Crippen molar-refractivity contribution >= 4 is 5.91 Å². The highest BCUT2D eigenvalue weighted by atomic mass is 19.4. The average Bonchev–Trinajstić information content (AvgIpc) is 2.25. The number of carbonyl (C=O) groups excluding carboxylic acids is 1. The SMILES string of the molecule is CCN(CC)C(=O)CN(CCNC)CC(F)(F)F.